The highest BCUT2D eigenvalue weighted by molar-refractivity contribution is 7.19. The lowest BCUT2D eigenvalue weighted by Crippen LogP contribution is -2.16. The van der Waals surface area contributed by atoms with Gasteiger partial charge in [-0.15, -0.1) is 0 Å². The van der Waals surface area contributed by atoms with Crippen LogP contribution in [0.2, 0.25) is 4.34 Å². The van der Waals surface area contributed by atoms with Gasteiger partial charge < -0.3 is 4.74 Å². The standard InChI is InChI=1S/C16H10ClN3O3S/c17-13-9-19-16(24-13)20-14(21)11-3-1-2-4-12(11)23-15(22)10-5-7-18-8-6-10/h1-9H,(H,19,20,21). The number of carbonyl (C=O) groups is 2. The van der Waals surface area contributed by atoms with Gasteiger partial charge in [-0.2, -0.15) is 0 Å². The van der Waals surface area contributed by atoms with Crippen molar-refractivity contribution < 1.29 is 14.3 Å². The number of carbonyl (C=O) groups excluding carboxylic acids is 2. The lowest BCUT2D eigenvalue weighted by Gasteiger charge is -2.09. The number of thiazole rings is 1. The topological polar surface area (TPSA) is 81.2 Å². The summed E-state index contributed by atoms with van der Waals surface area (Å²) in [6, 6.07) is 9.51. The SMILES string of the molecule is O=C(Oc1ccccc1C(=O)Nc1ncc(Cl)s1)c1ccncc1. The Bertz CT molecular complexity index is 883. The molecule has 1 amide bonds. The molecule has 0 saturated carbocycles. The molecule has 0 aliphatic rings. The molecule has 1 N–H and O–H groups in total. The molecule has 0 saturated heterocycles. The molecule has 0 spiro atoms. The number of ether oxygens (including phenoxy) is 1. The summed E-state index contributed by atoms with van der Waals surface area (Å²) < 4.78 is 5.79. The quantitative estimate of drug-likeness (QED) is 0.568. The minimum Gasteiger partial charge on any atom is -0.422 e. The molecule has 0 bridgehead atoms. The highest BCUT2D eigenvalue weighted by atomic mass is 35.5. The van der Waals surface area contributed by atoms with Crippen molar-refractivity contribution in [3.63, 3.8) is 0 Å². The maximum atomic E-state index is 12.4. The molecule has 3 aromatic rings. The van der Waals surface area contributed by atoms with Crippen LogP contribution in [0.3, 0.4) is 0 Å². The zero-order valence-electron chi connectivity index (χ0n) is 12.1. The number of anilines is 1. The zero-order chi connectivity index (χ0) is 16.9. The third kappa shape index (κ3) is 3.76. The Morgan fingerprint density at radius 3 is 2.58 bits per heavy atom. The number of pyridine rings is 1. The summed E-state index contributed by atoms with van der Waals surface area (Å²) in [6.07, 6.45) is 4.42. The molecule has 0 aliphatic carbocycles. The van der Waals surface area contributed by atoms with Gasteiger partial charge >= 0.3 is 5.97 Å². The number of aromatic nitrogens is 2. The normalized spacial score (nSPS) is 10.2. The summed E-state index contributed by atoms with van der Waals surface area (Å²) in [5.74, 6) is -0.867. The van der Waals surface area contributed by atoms with Gasteiger partial charge in [0.05, 0.1) is 17.3 Å². The number of nitrogens with one attached hydrogen (secondary N) is 1. The molecule has 0 atom stereocenters. The molecule has 0 radical (unpaired) electrons. The number of amides is 1. The van der Waals surface area contributed by atoms with E-state index in [1.807, 2.05) is 0 Å². The Kier molecular flexibility index (Phi) is 4.83. The highest BCUT2D eigenvalue weighted by Crippen LogP contribution is 2.25. The number of benzene rings is 1. The van der Waals surface area contributed by atoms with Crippen LogP contribution in [0.5, 0.6) is 5.75 Å². The molecule has 2 heterocycles. The molecule has 24 heavy (non-hydrogen) atoms. The van der Waals surface area contributed by atoms with Crippen molar-refractivity contribution in [1.82, 2.24) is 9.97 Å². The van der Waals surface area contributed by atoms with Gasteiger partial charge in [0.1, 0.15) is 10.1 Å². The van der Waals surface area contributed by atoms with E-state index >= 15 is 0 Å². The van der Waals surface area contributed by atoms with Gasteiger partial charge in [-0.3, -0.25) is 15.1 Å². The van der Waals surface area contributed by atoms with Crippen molar-refractivity contribution in [2.45, 2.75) is 0 Å². The summed E-state index contributed by atoms with van der Waals surface area (Å²) in [5.41, 5.74) is 0.554. The molecule has 8 heteroatoms. The molecule has 1 aromatic carbocycles. The van der Waals surface area contributed by atoms with E-state index in [1.54, 1.807) is 24.3 Å². The van der Waals surface area contributed by atoms with Crippen LogP contribution in [-0.4, -0.2) is 21.8 Å². The van der Waals surface area contributed by atoms with E-state index in [9.17, 15) is 9.59 Å². The monoisotopic (exact) mass is 359 g/mol. The van der Waals surface area contributed by atoms with E-state index in [1.165, 1.54) is 30.7 Å². The van der Waals surface area contributed by atoms with E-state index in [2.05, 4.69) is 15.3 Å². The Labute approximate surface area is 146 Å². The third-order valence-electron chi connectivity index (χ3n) is 2.95. The molecule has 6 nitrogen and oxygen atoms in total. The van der Waals surface area contributed by atoms with Gasteiger partial charge in [0, 0.05) is 12.4 Å². The van der Waals surface area contributed by atoms with E-state index in [4.69, 9.17) is 16.3 Å². The molecule has 3 rings (SSSR count). The molecule has 120 valence electrons. The lowest BCUT2D eigenvalue weighted by atomic mass is 10.2. The predicted octanol–water partition coefficient (Wildman–Crippen LogP) is 3.66. The van der Waals surface area contributed by atoms with Gasteiger partial charge in [0.25, 0.3) is 5.91 Å². The summed E-state index contributed by atoms with van der Waals surface area (Å²) in [6.45, 7) is 0. The Morgan fingerprint density at radius 2 is 1.88 bits per heavy atom. The summed E-state index contributed by atoms with van der Waals surface area (Å²) >= 11 is 6.92. The van der Waals surface area contributed by atoms with Crippen LogP contribution in [0.1, 0.15) is 20.7 Å². The van der Waals surface area contributed by atoms with Crippen molar-refractivity contribution >= 4 is 39.9 Å². The lowest BCUT2D eigenvalue weighted by molar-refractivity contribution is 0.0733. The Hall–Kier alpha value is -2.77. The van der Waals surface area contributed by atoms with Crippen LogP contribution in [0, 0.1) is 0 Å². The Morgan fingerprint density at radius 1 is 1.12 bits per heavy atom. The van der Waals surface area contributed by atoms with Crippen LogP contribution in [0.25, 0.3) is 0 Å². The van der Waals surface area contributed by atoms with E-state index in [0.29, 0.717) is 15.0 Å². The highest BCUT2D eigenvalue weighted by Gasteiger charge is 2.17. The van der Waals surface area contributed by atoms with E-state index in [-0.39, 0.29) is 11.3 Å². The number of para-hydroxylation sites is 1. The van der Waals surface area contributed by atoms with Crippen LogP contribution in [-0.2, 0) is 0 Å². The second-order valence-electron chi connectivity index (χ2n) is 4.55. The fourth-order valence-corrected chi connectivity index (χ4v) is 2.67. The van der Waals surface area contributed by atoms with Gasteiger partial charge in [0.2, 0.25) is 0 Å². The minimum atomic E-state index is -0.574. The third-order valence-corrected chi connectivity index (χ3v) is 3.98. The van der Waals surface area contributed by atoms with Crippen molar-refractivity contribution in [3.8, 4) is 5.75 Å². The zero-order valence-corrected chi connectivity index (χ0v) is 13.7. The van der Waals surface area contributed by atoms with Crippen molar-refractivity contribution in [1.29, 1.82) is 0 Å². The largest absolute Gasteiger partial charge is 0.422 e. The van der Waals surface area contributed by atoms with Crippen molar-refractivity contribution in [2.24, 2.45) is 0 Å². The number of halogens is 1. The van der Waals surface area contributed by atoms with E-state index in [0.717, 1.165) is 11.3 Å². The van der Waals surface area contributed by atoms with Crippen molar-refractivity contribution in [3.05, 3.63) is 70.5 Å². The number of esters is 1. The molecular weight excluding hydrogens is 350 g/mol. The minimum absolute atomic E-state index is 0.152. The maximum Gasteiger partial charge on any atom is 0.343 e. The average molecular weight is 360 g/mol. The van der Waals surface area contributed by atoms with E-state index < -0.39 is 11.9 Å². The molecule has 0 aliphatic heterocycles. The smallest absolute Gasteiger partial charge is 0.343 e. The van der Waals surface area contributed by atoms with Gasteiger partial charge in [-0.1, -0.05) is 35.1 Å². The summed E-state index contributed by atoms with van der Waals surface area (Å²) in [4.78, 5) is 32.3. The van der Waals surface area contributed by atoms with Gasteiger partial charge in [-0.25, -0.2) is 9.78 Å². The second-order valence-corrected chi connectivity index (χ2v) is 6.21. The fraction of sp³-hybridized carbons (Fsp3) is 0. The van der Waals surface area contributed by atoms with Crippen LogP contribution in [0.4, 0.5) is 5.13 Å². The second kappa shape index (κ2) is 7.20. The maximum absolute atomic E-state index is 12.4. The van der Waals surface area contributed by atoms with Crippen LogP contribution in [0.15, 0.2) is 55.0 Å². The Balaban J connectivity index is 1.80. The molecule has 2 aromatic heterocycles. The first kappa shape index (κ1) is 16.1. The number of hydrogen-bond acceptors (Lipinski definition) is 6. The molecule has 0 unspecified atom stereocenters. The number of rotatable bonds is 4. The first-order valence-corrected chi connectivity index (χ1v) is 7.97. The average Bonchev–Trinajstić information content (AvgIpc) is 3.01. The van der Waals surface area contributed by atoms with Crippen LogP contribution < -0.4 is 10.1 Å². The predicted molar refractivity (Wildman–Crippen MR) is 90.7 cm³/mol. The molecule has 0 fully saturated rings. The van der Waals surface area contributed by atoms with Crippen LogP contribution >= 0.6 is 22.9 Å². The van der Waals surface area contributed by atoms with Crippen molar-refractivity contribution in [2.75, 3.05) is 5.32 Å². The number of hydrogen-bond donors (Lipinski definition) is 1. The summed E-state index contributed by atoms with van der Waals surface area (Å²) in [7, 11) is 0. The number of nitrogens with zero attached hydrogens (tertiary/aromatic N) is 2. The summed E-state index contributed by atoms with van der Waals surface area (Å²) in [5, 5.41) is 2.98. The van der Waals surface area contributed by atoms with Gasteiger partial charge in [0.15, 0.2) is 5.13 Å². The van der Waals surface area contributed by atoms with Gasteiger partial charge in [-0.05, 0) is 24.3 Å². The fourth-order valence-electron chi connectivity index (χ4n) is 1.87. The molecular formula is C16H10ClN3O3S. The first-order valence-electron chi connectivity index (χ1n) is 6.77. The first-order chi connectivity index (χ1) is 11.6.